The van der Waals surface area contributed by atoms with Crippen molar-refractivity contribution < 1.29 is 4.74 Å². The zero-order chi connectivity index (χ0) is 13.7. The van der Waals surface area contributed by atoms with Crippen LogP contribution in [-0.2, 0) is 0 Å². The smallest absolute Gasteiger partial charge is 0.127 e. The number of ether oxygens (including phenoxy) is 1. The van der Waals surface area contributed by atoms with Gasteiger partial charge in [0, 0.05) is 11.6 Å². The number of rotatable bonds is 6. The van der Waals surface area contributed by atoms with Gasteiger partial charge in [-0.3, -0.25) is 0 Å². The van der Waals surface area contributed by atoms with Crippen LogP contribution in [-0.4, -0.2) is 26.2 Å². The SMILES string of the molecule is CNC(CCSC)c1c(C)cc(C)c(C)c1OC. The van der Waals surface area contributed by atoms with E-state index in [0.717, 1.165) is 17.9 Å². The van der Waals surface area contributed by atoms with E-state index in [1.54, 1.807) is 7.11 Å². The number of hydrogen-bond donors (Lipinski definition) is 1. The lowest BCUT2D eigenvalue weighted by atomic mass is 9.93. The summed E-state index contributed by atoms with van der Waals surface area (Å²) in [6.45, 7) is 6.46. The van der Waals surface area contributed by atoms with Crippen molar-refractivity contribution in [1.29, 1.82) is 0 Å². The second-order valence-corrected chi connectivity index (χ2v) is 5.69. The predicted molar refractivity (Wildman–Crippen MR) is 82.0 cm³/mol. The Hall–Kier alpha value is -0.670. The number of methoxy groups -OCH3 is 1. The fourth-order valence-electron chi connectivity index (χ4n) is 2.44. The lowest BCUT2D eigenvalue weighted by molar-refractivity contribution is 0.396. The van der Waals surface area contributed by atoms with Crippen LogP contribution in [0.5, 0.6) is 5.75 Å². The number of hydrogen-bond acceptors (Lipinski definition) is 3. The van der Waals surface area contributed by atoms with Gasteiger partial charge < -0.3 is 10.1 Å². The van der Waals surface area contributed by atoms with Gasteiger partial charge in [-0.2, -0.15) is 11.8 Å². The van der Waals surface area contributed by atoms with Crippen LogP contribution in [0, 0.1) is 20.8 Å². The van der Waals surface area contributed by atoms with E-state index in [2.05, 4.69) is 38.4 Å². The molecule has 0 fully saturated rings. The third-order valence-electron chi connectivity index (χ3n) is 3.55. The van der Waals surface area contributed by atoms with Crippen molar-refractivity contribution in [3.05, 3.63) is 28.3 Å². The Bertz CT molecular complexity index is 404. The third-order valence-corrected chi connectivity index (χ3v) is 4.19. The predicted octanol–water partition coefficient (Wildman–Crippen LogP) is 3.63. The molecule has 0 heterocycles. The van der Waals surface area contributed by atoms with Gasteiger partial charge >= 0.3 is 0 Å². The van der Waals surface area contributed by atoms with Crippen molar-refractivity contribution in [2.75, 3.05) is 26.2 Å². The molecule has 1 rings (SSSR count). The van der Waals surface area contributed by atoms with Gasteiger partial charge in [-0.1, -0.05) is 6.07 Å². The highest BCUT2D eigenvalue weighted by atomic mass is 32.2. The molecule has 2 nitrogen and oxygen atoms in total. The van der Waals surface area contributed by atoms with Crippen molar-refractivity contribution in [3.8, 4) is 5.75 Å². The molecule has 0 radical (unpaired) electrons. The first-order valence-electron chi connectivity index (χ1n) is 6.37. The highest BCUT2D eigenvalue weighted by molar-refractivity contribution is 7.98. The van der Waals surface area contributed by atoms with Crippen LogP contribution < -0.4 is 10.1 Å². The number of benzene rings is 1. The Morgan fingerprint density at radius 3 is 2.44 bits per heavy atom. The van der Waals surface area contributed by atoms with Crippen molar-refractivity contribution in [2.45, 2.75) is 33.2 Å². The minimum atomic E-state index is 0.367. The zero-order valence-electron chi connectivity index (χ0n) is 12.4. The summed E-state index contributed by atoms with van der Waals surface area (Å²) in [5.74, 6) is 2.20. The van der Waals surface area contributed by atoms with E-state index in [0.29, 0.717) is 6.04 Å². The molecule has 1 unspecified atom stereocenters. The fraction of sp³-hybridized carbons (Fsp3) is 0.600. The molecule has 3 heteroatoms. The van der Waals surface area contributed by atoms with Crippen LogP contribution in [0.2, 0.25) is 0 Å². The summed E-state index contributed by atoms with van der Waals surface area (Å²) in [6.07, 6.45) is 3.27. The molecule has 0 aliphatic heterocycles. The maximum Gasteiger partial charge on any atom is 0.127 e. The van der Waals surface area contributed by atoms with Gasteiger partial charge in [0.15, 0.2) is 0 Å². The molecule has 1 aromatic carbocycles. The number of nitrogens with one attached hydrogen (secondary N) is 1. The van der Waals surface area contributed by atoms with Crippen LogP contribution >= 0.6 is 11.8 Å². The third kappa shape index (κ3) is 3.21. The van der Waals surface area contributed by atoms with E-state index in [1.807, 2.05) is 18.8 Å². The molecule has 1 atom stereocenters. The second kappa shape index (κ2) is 7.05. The minimum absolute atomic E-state index is 0.367. The molecule has 0 saturated carbocycles. The Labute approximate surface area is 116 Å². The molecule has 1 aromatic rings. The molecule has 0 bridgehead atoms. The Morgan fingerprint density at radius 1 is 1.28 bits per heavy atom. The molecule has 0 saturated heterocycles. The van der Waals surface area contributed by atoms with Crippen LogP contribution in [0.1, 0.15) is 34.7 Å². The van der Waals surface area contributed by atoms with Gasteiger partial charge in [-0.15, -0.1) is 0 Å². The molecule has 1 N–H and O–H groups in total. The van der Waals surface area contributed by atoms with Gasteiger partial charge in [0.05, 0.1) is 7.11 Å². The summed E-state index contributed by atoms with van der Waals surface area (Å²) < 4.78 is 5.65. The molecule has 0 aliphatic rings. The van der Waals surface area contributed by atoms with E-state index in [9.17, 15) is 0 Å². The van der Waals surface area contributed by atoms with Gasteiger partial charge in [0.2, 0.25) is 0 Å². The summed E-state index contributed by atoms with van der Waals surface area (Å²) in [7, 11) is 3.80. The zero-order valence-corrected chi connectivity index (χ0v) is 13.2. The van der Waals surface area contributed by atoms with Crippen molar-refractivity contribution in [1.82, 2.24) is 5.32 Å². The average Bonchev–Trinajstić information content (AvgIpc) is 2.36. The Morgan fingerprint density at radius 2 is 1.94 bits per heavy atom. The van der Waals surface area contributed by atoms with Crippen molar-refractivity contribution >= 4 is 11.8 Å². The topological polar surface area (TPSA) is 21.3 Å². The highest BCUT2D eigenvalue weighted by Gasteiger charge is 2.19. The van der Waals surface area contributed by atoms with Crippen molar-refractivity contribution in [3.63, 3.8) is 0 Å². The van der Waals surface area contributed by atoms with E-state index in [4.69, 9.17) is 4.74 Å². The Balaban J connectivity index is 3.23. The summed E-state index contributed by atoms with van der Waals surface area (Å²) in [4.78, 5) is 0. The normalized spacial score (nSPS) is 12.6. The van der Waals surface area contributed by atoms with Crippen LogP contribution in [0.3, 0.4) is 0 Å². The molecule has 0 aliphatic carbocycles. The molecule has 0 aromatic heterocycles. The molecule has 18 heavy (non-hydrogen) atoms. The quantitative estimate of drug-likeness (QED) is 0.850. The summed E-state index contributed by atoms with van der Waals surface area (Å²) in [6, 6.07) is 2.63. The lowest BCUT2D eigenvalue weighted by Gasteiger charge is -2.24. The monoisotopic (exact) mass is 267 g/mol. The van der Waals surface area contributed by atoms with E-state index < -0.39 is 0 Å². The van der Waals surface area contributed by atoms with E-state index >= 15 is 0 Å². The Kier molecular flexibility index (Phi) is 6.03. The lowest BCUT2D eigenvalue weighted by Crippen LogP contribution is -2.19. The summed E-state index contributed by atoms with van der Waals surface area (Å²) in [5, 5.41) is 3.42. The van der Waals surface area contributed by atoms with E-state index in [-0.39, 0.29) is 0 Å². The van der Waals surface area contributed by atoms with Crippen molar-refractivity contribution in [2.24, 2.45) is 0 Å². The number of thioether (sulfide) groups is 1. The molecule has 0 amide bonds. The maximum atomic E-state index is 5.65. The minimum Gasteiger partial charge on any atom is -0.496 e. The van der Waals surface area contributed by atoms with E-state index in [1.165, 1.54) is 22.3 Å². The largest absolute Gasteiger partial charge is 0.496 e. The maximum absolute atomic E-state index is 5.65. The van der Waals surface area contributed by atoms with Crippen LogP contribution in [0.4, 0.5) is 0 Å². The summed E-state index contributed by atoms with van der Waals surface area (Å²) in [5.41, 5.74) is 5.18. The van der Waals surface area contributed by atoms with Gasteiger partial charge in [-0.25, -0.2) is 0 Å². The highest BCUT2D eigenvalue weighted by Crippen LogP contribution is 2.35. The van der Waals surface area contributed by atoms with Gasteiger partial charge in [0.1, 0.15) is 5.75 Å². The van der Waals surface area contributed by atoms with Gasteiger partial charge in [0.25, 0.3) is 0 Å². The van der Waals surface area contributed by atoms with Crippen LogP contribution in [0.25, 0.3) is 0 Å². The second-order valence-electron chi connectivity index (χ2n) is 4.71. The summed E-state index contributed by atoms with van der Waals surface area (Å²) >= 11 is 1.89. The molecular formula is C15H25NOS. The standard InChI is InChI=1S/C15H25NOS/c1-10-9-11(2)14(15(17-5)12(10)3)13(16-4)7-8-18-6/h9,13,16H,7-8H2,1-6H3. The first-order chi connectivity index (χ1) is 8.56. The average molecular weight is 267 g/mol. The molecule has 0 spiro atoms. The van der Waals surface area contributed by atoms with Crippen LogP contribution in [0.15, 0.2) is 6.07 Å². The first kappa shape index (κ1) is 15.4. The fourth-order valence-corrected chi connectivity index (χ4v) is 2.91. The van der Waals surface area contributed by atoms with Gasteiger partial charge in [-0.05, 0) is 62.9 Å². The molecule has 102 valence electrons. The molecular weight excluding hydrogens is 242 g/mol. The number of aryl methyl sites for hydroxylation is 2. The first-order valence-corrected chi connectivity index (χ1v) is 7.77.